The summed E-state index contributed by atoms with van der Waals surface area (Å²) in [5.41, 5.74) is 0. The Labute approximate surface area is 266 Å². The first kappa shape index (κ1) is 34.3. The second-order valence-corrected chi connectivity index (χ2v) is 15.7. The zero-order chi connectivity index (χ0) is 31.3. The molecular formula is C30H51ClFN5O6S. The van der Waals surface area contributed by atoms with Gasteiger partial charge in [-0.25, -0.2) is 4.39 Å². The first-order valence-corrected chi connectivity index (χ1v) is 18.8. The van der Waals surface area contributed by atoms with Gasteiger partial charge in [-0.05, 0) is 69.6 Å². The molecule has 0 aromatic heterocycles. The van der Waals surface area contributed by atoms with Crippen LogP contribution in [0.4, 0.5) is 4.39 Å². The van der Waals surface area contributed by atoms with Gasteiger partial charge in [0.1, 0.15) is 12.5 Å². The summed E-state index contributed by atoms with van der Waals surface area (Å²) in [5.74, 6) is 0.0257. The van der Waals surface area contributed by atoms with Gasteiger partial charge in [-0.3, -0.25) is 29.7 Å². The molecule has 2 amide bonds. The van der Waals surface area contributed by atoms with Gasteiger partial charge in [-0.1, -0.05) is 0 Å². The average Bonchev–Trinajstić information content (AvgIpc) is 3.80. The van der Waals surface area contributed by atoms with Crippen LogP contribution in [0.3, 0.4) is 0 Å². The number of carbonyl (C=O) groups excluding carboxylic acids is 2. The number of halogens is 2. The number of nitrogens with zero attached hydrogens (tertiary/aromatic N) is 3. The van der Waals surface area contributed by atoms with Gasteiger partial charge in [0.05, 0.1) is 29.3 Å². The first-order valence-electron chi connectivity index (χ1n) is 16.7. The highest BCUT2D eigenvalue weighted by Gasteiger charge is 2.52. The Morgan fingerprint density at radius 1 is 0.909 bits per heavy atom. The Morgan fingerprint density at radius 3 is 2.25 bits per heavy atom. The van der Waals surface area contributed by atoms with E-state index in [4.69, 9.17) is 20.9 Å². The van der Waals surface area contributed by atoms with E-state index < -0.39 is 16.3 Å². The van der Waals surface area contributed by atoms with Crippen molar-refractivity contribution < 1.29 is 31.7 Å². The Bertz CT molecular complexity index is 1070. The molecule has 0 bridgehead atoms. The first-order chi connectivity index (χ1) is 21.1. The van der Waals surface area contributed by atoms with E-state index in [1.165, 1.54) is 12.8 Å². The molecule has 3 saturated heterocycles. The molecule has 5 aliphatic rings. The molecule has 3 N–H and O–H groups in total. The van der Waals surface area contributed by atoms with Crippen LogP contribution in [-0.2, 0) is 24.4 Å². The summed E-state index contributed by atoms with van der Waals surface area (Å²) < 4.78 is 51.8. The number of amides is 2. The summed E-state index contributed by atoms with van der Waals surface area (Å²) >= 11 is 6.16. The maximum absolute atomic E-state index is 15.2. The highest BCUT2D eigenvalue weighted by atomic mass is 35.5. The number of ether oxygens (including phenoxy) is 1. The fourth-order valence-corrected chi connectivity index (χ4v) is 8.33. The number of nitrogens with one attached hydrogen (secondary N) is 2. The molecule has 0 radical (unpaired) electrons. The van der Waals surface area contributed by atoms with Gasteiger partial charge in [0.25, 0.3) is 10.1 Å². The van der Waals surface area contributed by atoms with Crippen LogP contribution in [-0.4, -0.2) is 127 Å². The van der Waals surface area contributed by atoms with Gasteiger partial charge >= 0.3 is 0 Å². The largest absolute Gasteiger partial charge is 0.378 e. The third kappa shape index (κ3) is 9.71. The number of hydrogen-bond acceptors (Lipinski definition) is 8. The predicted molar refractivity (Wildman–Crippen MR) is 165 cm³/mol. The summed E-state index contributed by atoms with van der Waals surface area (Å²) in [4.78, 5) is 31.8. The summed E-state index contributed by atoms with van der Waals surface area (Å²) in [7, 11) is -4.01. The third-order valence-corrected chi connectivity index (χ3v) is 11.4. The lowest BCUT2D eigenvalue weighted by Crippen LogP contribution is -2.62. The zero-order valence-corrected chi connectivity index (χ0v) is 27.3. The van der Waals surface area contributed by atoms with Crippen LogP contribution in [0.25, 0.3) is 0 Å². The summed E-state index contributed by atoms with van der Waals surface area (Å²) in [6.45, 7) is 5.39. The van der Waals surface area contributed by atoms with E-state index in [0.29, 0.717) is 44.9 Å². The van der Waals surface area contributed by atoms with E-state index >= 15 is 4.39 Å². The van der Waals surface area contributed by atoms with Crippen molar-refractivity contribution in [3.63, 3.8) is 0 Å². The van der Waals surface area contributed by atoms with Crippen molar-refractivity contribution in [3.05, 3.63) is 0 Å². The number of rotatable bonds is 13. The topological polar surface area (TPSA) is 132 Å². The second kappa shape index (κ2) is 15.7. The third-order valence-electron chi connectivity index (χ3n) is 10.3. The van der Waals surface area contributed by atoms with Crippen LogP contribution in [0.5, 0.6) is 0 Å². The minimum atomic E-state index is -4.01. The van der Waals surface area contributed by atoms with Crippen molar-refractivity contribution in [2.75, 3.05) is 51.6 Å². The fraction of sp³-hybridized carbons (Fsp3) is 0.933. The van der Waals surface area contributed by atoms with Crippen LogP contribution in [0, 0.1) is 11.8 Å². The number of fused-ring (bicyclic) bond motifs is 1. The Morgan fingerprint density at radius 2 is 1.59 bits per heavy atom. The standard InChI is InChI=1S/C30H51ClFN5O6S/c31-23-19-33-30(34-20-23)35-10-8-21(9-11-35)4-3-14-43-24-7-6-22(25(32)17-24)16-29(39)37-13-12-36(26-18-27(26)37)28(38)5-1-2-15-44(40,41)42/h21-27,30,33-34H,1-20H2,(H,40,41,42). The normalized spacial score (nSPS) is 33.7. The molecule has 2 saturated carbocycles. The quantitative estimate of drug-likeness (QED) is 0.154. The maximum atomic E-state index is 15.2. The van der Waals surface area contributed by atoms with Crippen molar-refractivity contribution in [2.24, 2.45) is 11.8 Å². The molecule has 5 rings (SSSR count). The summed E-state index contributed by atoms with van der Waals surface area (Å²) in [6, 6.07) is 0.00646. The fourth-order valence-electron chi connectivity index (χ4n) is 7.58. The van der Waals surface area contributed by atoms with Crippen LogP contribution in [0.15, 0.2) is 0 Å². The van der Waals surface area contributed by atoms with Crippen molar-refractivity contribution in [3.8, 4) is 0 Å². The maximum Gasteiger partial charge on any atom is 0.264 e. The zero-order valence-electron chi connectivity index (χ0n) is 25.8. The SMILES string of the molecule is O=C(CCCCS(=O)(=O)O)N1CCN(C(=O)CC2CCC(OCCCC3CCN(C4NCC(Cl)CN4)CC3)CC2F)C2CC21. The van der Waals surface area contributed by atoms with E-state index in [-0.39, 0.29) is 72.6 Å². The lowest BCUT2D eigenvalue weighted by Gasteiger charge is -2.41. The van der Waals surface area contributed by atoms with E-state index in [1.807, 2.05) is 4.90 Å². The molecule has 5 fully saturated rings. The van der Waals surface area contributed by atoms with Gasteiger partial charge < -0.3 is 14.5 Å². The van der Waals surface area contributed by atoms with Crippen LogP contribution in [0.2, 0.25) is 0 Å². The number of piperidine rings is 1. The Kier molecular flexibility index (Phi) is 12.2. The molecule has 0 aromatic rings. The Balaban J connectivity index is 0.924. The molecule has 252 valence electrons. The van der Waals surface area contributed by atoms with Crippen molar-refractivity contribution in [2.45, 2.75) is 113 Å². The van der Waals surface area contributed by atoms with Crippen LogP contribution < -0.4 is 10.6 Å². The number of hydrogen-bond donors (Lipinski definition) is 3. The molecule has 11 nitrogen and oxygen atoms in total. The summed E-state index contributed by atoms with van der Waals surface area (Å²) in [6.07, 6.45) is 7.21. The smallest absolute Gasteiger partial charge is 0.264 e. The molecule has 0 aromatic carbocycles. The number of alkyl halides is 2. The van der Waals surface area contributed by atoms with Gasteiger partial charge in [0.2, 0.25) is 11.8 Å². The number of unbranched alkanes of at least 4 members (excludes halogenated alkanes) is 1. The molecule has 3 heterocycles. The number of likely N-dealkylation sites (tertiary alicyclic amines) is 1. The molecule has 3 aliphatic heterocycles. The van der Waals surface area contributed by atoms with E-state index in [9.17, 15) is 18.0 Å². The molecule has 5 atom stereocenters. The van der Waals surface area contributed by atoms with E-state index in [0.717, 1.165) is 51.9 Å². The highest BCUT2D eigenvalue weighted by Crippen LogP contribution is 2.39. The predicted octanol–water partition coefficient (Wildman–Crippen LogP) is 2.35. The second-order valence-electron chi connectivity index (χ2n) is 13.5. The average molecular weight is 664 g/mol. The lowest BCUT2D eigenvalue weighted by atomic mass is 9.83. The molecule has 2 aliphatic carbocycles. The van der Waals surface area contributed by atoms with Crippen LogP contribution >= 0.6 is 11.6 Å². The minimum Gasteiger partial charge on any atom is -0.378 e. The van der Waals surface area contributed by atoms with Gasteiger partial charge in [-0.15, -0.1) is 11.6 Å². The summed E-state index contributed by atoms with van der Waals surface area (Å²) in [5, 5.41) is 7.10. The lowest BCUT2D eigenvalue weighted by molar-refractivity contribution is -0.141. The monoisotopic (exact) mass is 663 g/mol. The minimum absolute atomic E-state index is 0.00207. The van der Waals surface area contributed by atoms with Crippen molar-refractivity contribution in [1.29, 1.82) is 0 Å². The molecule has 0 spiro atoms. The molecule has 14 heteroatoms. The van der Waals surface area contributed by atoms with Gasteiger partial charge in [0, 0.05) is 65.1 Å². The molecule has 5 unspecified atom stereocenters. The molecule has 44 heavy (non-hydrogen) atoms. The number of piperazine rings is 1. The number of carbonyl (C=O) groups is 2. The van der Waals surface area contributed by atoms with Gasteiger partial charge in [-0.2, -0.15) is 8.42 Å². The highest BCUT2D eigenvalue weighted by molar-refractivity contribution is 7.85. The van der Waals surface area contributed by atoms with Crippen molar-refractivity contribution >= 4 is 33.5 Å². The van der Waals surface area contributed by atoms with E-state index in [2.05, 4.69) is 15.5 Å². The van der Waals surface area contributed by atoms with Crippen LogP contribution in [0.1, 0.15) is 77.0 Å². The van der Waals surface area contributed by atoms with Crippen molar-refractivity contribution in [1.82, 2.24) is 25.3 Å². The Hall–Kier alpha value is -1.09. The molecular weight excluding hydrogens is 613 g/mol. The van der Waals surface area contributed by atoms with E-state index in [1.54, 1.807) is 4.90 Å². The van der Waals surface area contributed by atoms with Gasteiger partial charge in [0.15, 0.2) is 0 Å².